The first kappa shape index (κ1) is 22.3. The number of rotatable bonds is 6. The van der Waals surface area contributed by atoms with Crippen molar-refractivity contribution in [3.8, 4) is 5.75 Å². The predicted molar refractivity (Wildman–Crippen MR) is 109 cm³/mol. The van der Waals surface area contributed by atoms with Crippen molar-refractivity contribution in [2.75, 3.05) is 13.2 Å². The molecule has 4 heterocycles. The largest absolute Gasteiger partial charge is 0.435 e. The number of hydrogen-bond acceptors (Lipinski definition) is 7. The monoisotopic (exact) mass is 494 g/mol. The molecule has 13 heteroatoms. The minimum Gasteiger partial charge on any atom is -0.435 e. The number of halogens is 3. The van der Waals surface area contributed by atoms with Crippen LogP contribution in [0.4, 0.5) is 13.2 Å². The van der Waals surface area contributed by atoms with Gasteiger partial charge in [0.15, 0.2) is 0 Å². The zero-order chi connectivity index (χ0) is 24.1. The van der Waals surface area contributed by atoms with Gasteiger partial charge in [0.05, 0.1) is 36.0 Å². The topological polar surface area (TPSA) is 104 Å². The summed E-state index contributed by atoms with van der Waals surface area (Å²) in [6.07, 6.45) is 2.71. The summed E-state index contributed by atoms with van der Waals surface area (Å²) in [6, 6.07) is 7.18. The van der Waals surface area contributed by atoms with E-state index in [2.05, 4.69) is 14.8 Å². The number of carbonyl (C=O) groups is 1. The van der Waals surface area contributed by atoms with E-state index in [1.54, 1.807) is 0 Å². The molecule has 0 saturated carbocycles. The summed E-state index contributed by atoms with van der Waals surface area (Å²) in [5.74, 6) is -1.15. The van der Waals surface area contributed by atoms with Gasteiger partial charge in [0.25, 0.3) is 10.0 Å². The van der Waals surface area contributed by atoms with E-state index in [9.17, 15) is 26.4 Å². The SMILES string of the molecule is O=C(N1Cc2cn(S(=O)(=O)c3ccc(OC(F)F)cc3)nc2C1)C1(c2ncccc2F)COC1. The molecule has 0 aliphatic carbocycles. The minimum atomic E-state index is -4.09. The van der Waals surface area contributed by atoms with Crippen LogP contribution in [0.15, 0.2) is 53.7 Å². The third-order valence-corrected chi connectivity index (χ3v) is 7.30. The van der Waals surface area contributed by atoms with E-state index in [-0.39, 0.29) is 48.5 Å². The van der Waals surface area contributed by atoms with E-state index in [0.29, 0.717) is 11.3 Å². The number of amides is 1. The molecule has 3 aromatic rings. The molecule has 1 fully saturated rings. The van der Waals surface area contributed by atoms with Crippen LogP contribution in [0.5, 0.6) is 5.75 Å². The summed E-state index contributed by atoms with van der Waals surface area (Å²) in [5, 5.41) is 4.12. The number of pyridine rings is 1. The van der Waals surface area contributed by atoms with Crippen molar-refractivity contribution >= 4 is 15.9 Å². The molecular weight excluding hydrogens is 477 g/mol. The fourth-order valence-corrected chi connectivity index (χ4v) is 5.17. The van der Waals surface area contributed by atoms with Gasteiger partial charge >= 0.3 is 6.61 Å². The zero-order valence-corrected chi connectivity index (χ0v) is 18.2. The van der Waals surface area contributed by atoms with Gasteiger partial charge in [0.2, 0.25) is 5.91 Å². The molecule has 178 valence electrons. The molecule has 9 nitrogen and oxygen atoms in total. The molecule has 1 saturated heterocycles. The van der Waals surface area contributed by atoms with Crippen molar-refractivity contribution in [2.24, 2.45) is 0 Å². The molecule has 2 aromatic heterocycles. The summed E-state index contributed by atoms with van der Waals surface area (Å²) in [4.78, 5) is 18.6. The fraction of sp³-hybridized carbons (Fsp3) is 0.286. The Morgan fingerprint density at radius 2 is 1.88 bits per heavy atom. The van der Waals surface area contributed by atoms with Gasteiger partial charge in [-0.3, -0.25) is 9.78 Å². The van der Waals surface area contributed by atoms with Gasteiger partial charge in [-0.2, -0.15) is 26.4 Å². The molecule has 0 spiro atoms. The third-order valence-electron chi connectivity index (χ3n) is 5.76. The Hall–Kier alpha value is -3.45. The first-order chi connectivity index (χ1) is 16.2. The number of benzene rings is 1. The Balaban J connectivity index is 1.35. The highest BCUT2D eigenvalue weighted by Gasteiger charge is 2.53. The maximum absolute atomic E-state index is 14.4. The predicted octanol–water partition coefficient (Wildman–Crippen LogP) is 2.07. The zero-order valence-electron chi connectivity index (χ0n) is 17.4. The lowest BCUT2D eigenvalue weighted by atomic mass is 9.80. The molecule has 0 radical (unpaired) electrons. The van der Waals surface area contributed by atoms with E-state index >= 15 is 0 Å². The number of ether oxygens (including phenoxy) is 2. The number of hydrogen-bond donors (Lipinski definition) is 0. The summed E-state index contributed by atoms with van der Waals surface area (Å²) in [7, 11) is -4.09. The van der Waals surface area contributed by atoms with Crippen LogP contribution in [0, 0.1) is 5.82 Å². The summed E-state index contributed by atoms with van der Waals surface area (Å²) >= 11 is 0. The van der Waals surface area contributed by atoms with Crippen molar-refractivity contribution in [1.82, 2.24) is 19.1 Å². The van der Waals surface area contributed by atoms with Crippen LogP contribution in [0.1, 0.15) is 17.0 Å². The van der Waals surface area contributed by atoms with E-state index in [1.165, 1.54) is 29.4 Å². The summed E-state index contributed by atoms with van der Waals surface area (Å²) in [6.45, 7) is -2.92. The van der Waals surface area contributed by atoms with Crippen molar-refractivity contribution in [1.29, 1.82) is 0 Å². The van der Waals surface area contributed by atoms with Crippen molar-refractivity contribution in [3.05, 3.63) is 71.6 Å². The second-order valence-electron chi connectivity index (χ2n) is 7.90. The normalized spacial score (nSPS) is 16.9. The number of nitrogens with zero attached hydrogens (tertiary/aromatic N) is 4. The molecule has 2 aliphatic rings. The molecule has 5 rings (SSSR count). The number of fused-ring (bicyclic) bond motifs is 1. The van der Waals surface area contributed by atoms with Gasteiger partial charge < -0.3 is 14.4 Å². The number of aromatic nitrogens is 3. The van der Waals surface area contributed by atoms with Crippen LogP contribution in [-0.4, -0.2) is 53.2 Å². The summed E-state index contributed by atoms with van der Waals surface area (Å²) in [5.41, 5.74) is -0.320. The number of alkyl halides is 2. The maximum Gasteiger partial charge on any atom is 0.387 e. The smallest absolute Gasteiger partial charge is 0.387 e. The first-order valence-corrected chi connectivity index (χ1v) is 11.5. The lowest BCUT2D eigenvalue weighted by Crippen LogP contribution is -2.58. The van der Waals surface area contributed by atoms with Crippen LogP contribution in [0.2, 0.25) is 0 Å². The van der Waals surface area contributed by atoms with Gasteiger partial charge in [-0.1, -0.05) is 0 Å². The van der Waals surface area contributed by atoms with Crippen molar-refractivity contribution < 1.29 is 35.9 Å². The van der Waals surface area contributed by atoms with Gasteiger partial charge in [0.1, 0.15) is 17.0 Å². The molecule has 0 atom stereocenters. The lowest BCUT2D eigenvalue weighted by Gasteiger charge is -2.41. The van der Waals surface area contributed by atoms with Crippen molar-refractivity contribution in [2.45, 2.75) is 30.0 Å². The minimum absolute atomic E-state index is 0.00639. The maximum atomic E-state index is 14.4. The highest BCUT2D eigenvalue weighted by atomic mass is 32.2. The molecule has 34 heavy (non-hydrogen) atoms. The van der Waals surface area contributed by atoms with Crippen molar-refractivity contribution in [3.63, 3.8) is 0 Å². The molecule has 2 aliphatic heterocycles. The lowest BCUT2D eigenvalue weighted by molar-refractivity contribution is -0.158. The Morgan fingerprint density at radius 1 is 1.15 bits per heavy atom. The Morgan fingerprint density at radius 3 is 2.47 bits per heavy atom. The Kier molecular flexibility index (Phi) is 5.32. The number of carbonyl (C=O) groups excluding carboxylic acids is 1. The van der Waals surface area contributed by atoms with Crippen LogP contribution >= 0.6 is 0 Å². The molecular formula is C21H17F3N4O5S. The molecule has 0 N–H and O–H groups in total. The second-order valence-corrected chi connectivity index (χ2v) is 9.69. The highest BCUT2D eigenvalue weighted by Crippen LogP contribution is 2.37. The van der Waals surface area contributed by atoms with Gasteiger partial charge in [0, 0.05) is 24.5 Å². The standard InChI is InChI=1S/C21H17F3N4O5S/c22-16-2-1-7-25-18(16)21(11-32-12-21)19(29)27-8-13-9-28(26-17(13)10-27)34(30,31)15-5-3-14(4-6-15)33-20(23)24/h1-7,9,20H,8,10-12H2. The van der Waals surface area contributed by atoms with Gasteiger partial charge in [-0.15, -0.1) is 0 Å². The van der Waals surface area contributed by atoms with Gasteiger partial charge in [-0.25, -0.2) is 4.39 Å². The van der Waals surface area contributed by atoms with Crippen LogP contribution in [0.3, 0.4) is 0 Å². The highest BCUT2D eigenvalue weighted by molar-refractivity contribution is 7.89. The van der Waals surface area contributed by atoms with Crippen LogP contribution in [0.25, 0.3) is 0 Å². The van der Waals surface area contributed by atoms with E-state index < -0.39 is 27.9 Å². The Bertz CT molecular complexity index is 1330. The van der Waals surface area contributed by atoms with E-state index in [0.717, 1.165) is 28.4 Å². The fourth-order valence-electron chi connectivity index (χ4n) is 4.00. The Labute approximate surface area is 191 Å². The average Bonchev–Trinajstić information content (AvgIpc) is 3.34. The van der Waals surface area contributed by atoms with Crippen LogP contribution in [-0.2, 0) is 38.1 Å². The second kappa shape index (κ2) is 8.09. The van der Waals surface area contributed by atoms with E-state index in [4.69, 9.17) is 4.74 Å². The van der Waals surface area contributed by atoms with Gasteiger partial charge in [-0.05, 0) is 36.4 Å². The average molecular weight is 494 g/mol. The van der Waals surface area contributed by atoms with E-state index in [1.807, 2.05) is 0 Å². The van der Waals surface area contributed by atoms with Crippen LogP contribution < -0.4 is 4.74 Å². The molecule has 1 amide bonds. The third kappa shape index (κ3) is 3.60. The first-order valence-electron chi connectivity index (χ1n) is 10.1. The molecule has 0 unspecified atom stereocenters. The summed E-state index contributed by atoms with van der Waals surface area (Å²) < 4.78 is 75.0. The quantitative estimate of drug-likeness (QED) is 0.517. The molecule has 0 bridgehead atoms. The molecule has 1 aromatic carbocycles.